The van der Waals surface area contributed by atoms with E-state index < -0.39 is 0 Å². The number of aliphatic hydroxyl groups is 1. The van der Waals surface area contributed by atoms with Crippen molar-refractivity contribution >= 4 is 0 Å². The Morgan fingerprint density at radius 1 is 1.50 bits per heavy atom. The lowest BCUT2D eigenvalue weighted by Gasteiger charge is -2.40. The summed E-state index contributed by atoms with van der Waals surface area (Å²) in [7, 11) is 0. The highest BCUT2D eigenvalue weighted by atomic mass is 16.3. The molecule has 1 aromatic rings. The minimum atomic E-state index is -0.0655. The van der Waals surface area contributed by atoms with Gasteiger partial charge in [0.15, 0.2) is 0 Å². The molecule has 0 bridgehead atoms. The third-order valence-electron chi connectivity index (χ3n) is 4.33. The van der Waals surface area contributed by atoms with Crippen molar-refractivity contribution in [3.8, 4) is 0 Å². The molecular formula is C14H23N3O. The molecule has 1 aromatic heterocycles. The highest BCUT2D eigenvalue weighted by Gasteiger charge is 2.40. The molecular weight excluding hydrogens is 226 g/mol. The first-order chi connectivity index (χ1) is 8.71. The predicted molar refractivity (Wildman–Crippen MR) is 70.4 cm³/mol. The van der Waals surface area contributed by atoms with Gasteiger partial charge < -0.3 is 10.4 Å². The molecule has 2 saturated carbocycles. The third kappa shape index (κ3) is 2.45. The van der Waals surface area contributed by atoms with Gasteiger partial charge in [0.1, 0.15) is 0 Å². The maximum atomic E-state index is 9.80. The zero-order valence-corrected chi connectivity index (χ0v) is 11.1. The number of rotatable bonds is 4. The number of aryl methyl sites for hydroxylation is 1. The van der Waals surface area contributed by atoms with Gasteiger partial charge in [-0.3, -0.25) is 4.68 Å². The van der Waals surface area contributed by atoms with Gasteiger partial charge in [0.25, 0.3) is 0 Å². The summed E-state index contributed by atoms with van der Waals surface area (Å²) < 4.78 is 2.09. The number of aliphatic hydroxyl groups excluding tert-OH is 1. The fraction of sp³-hybridized carbons (Fsp3) is 0.786. The van der Waals surface area contributed by atoms with Crippen molar-refractivity contribution in [3.63, 3.8) is 0 Å². The van der Waals surface area contributed by atoms with Crippen LogP contribution in [0, 0.1) is 6.92 Å². The topological polar surface area (TPSA) is 50.1 Å². The normalized spacial score (nSPS) is 32.7. The maximum Gasteiger partial charge on any atom is 0.0614 e. The zero-order chi connectivity index (χ0) is 12.6. The van der Waals surface area contributed by atoms with Crippen LogP contribution in [0.25, 0.3) is 0 Å². The first-order valence-corrected chi connectivity index (χ1v) is 7.11. The molecule has 0 spiro atoms. The van der Waals surface area contributed by atoms with Crippen LogP contribution in [0.4, 0.5) is 0 Å². The molecule has 2 N–H and O–H groups in total. The average molecular weight is 249 g/mol. The zero-order valence-electron chi connectivity index (χ0n) is 11.1. The van der Waals surface area contributed by atoms with Crippen molar-refractivity contribution in [2.75, 3.05) is 6.61 Å². The minimum Gasteiger partial charge on any atom is -0.394 e. The van der Waals surface area contributed by atoms with E-state index in [9.17, 15) is 5.11 Å². The molecule has 2 atom stereocenters. The average Bonchev–Trinajstić information content (AvgIpc) is 3.08. The molecule has 18 heavy (non-hydrogen) atoms. The van der Waals surface area contributed by atoms with Crippen molar-refractivity contribution in [2.45, 2.75) is 63.1 Å². The van der Waals surface area contributed by atoms with Gasteiger partial charge in [0.05, 0.1) is 18.3 Å². The Balaban J connectivity index is 1.73. The first kappa shape index (κ1) is 12.2. The van der Waals surface area contributed by atoms with E-state index in [-0.39, 0.29) is 12.1 Å². The summed E-state index contributed by atoms with van der Waals surface area (Å²) in [5, 5.41) is 18.0. The van der Waals surface area contributed by atoms with E-state index in [4.69, 9.17) is 0 Å². The van der Waals surface area contributed by atoms with Crippen molar-refractivity contribution < 1.29 is 5.11 Å². The number of hydrogen-bond donors (Lipinski definition) is 2. The van der Waals surface area contributed by atoms with E-state index in [1.165, 1.54) is 25.7 Å². The van der Waals surface area contributed by atoms with Crippen LogP contribution in [0.1, 0.15) is 50.3 Å². The van der Waals surface area contributed by atoms with E-state index in [2.05, 4.69) is 27.4 Å². The van der Waals surface area contributed by atoms with E-state index in [1.54, 1.807) is 0 Å². The summed E-state index contributed by atoms with van der Waals surface area (Å²) in [6.45, 7) is 2.28. The maximum absolute atomic E-state index is 9.80. The van der Waals surface area contributed by atoms with Gasteiger partial charge in [0, 0.05) is 17.8 Å². The number of aromatic nitrogens is 2. The van der Waals surface area contributed by atoms with E-state index in [0.717, 1.165) is 18.5 Å². The highest BCUT2D eigenvalue weighted by molar-refractivity contribution is 5.02. The smallest absolute Gasteiger partial charge is 0.0614 e. The molecule has 0 aromatic carbocycles. The van der Waals surface area contributed by atoms with Crippen molar-refractivity contribution in [1.29, 1.82) is 0 Å². The van der Waals surface area contributed by atoms with Crippen LogP contribution in [0.2, 0.25) is 0 Å². The number of nitrogens with zero attached hydrogens (tertiary/aromatic N) is 2. The van der Waals surface area contributed by atoms with Gasteiger partial charge in [-0.05, 0) is 51.5 Å². The van der Waals surface area contributed by atoms with Gasteiger partial charge in [-0.25, -0.2) is 0 Å². The summed E-state index contributed by atoms with van der Waals surface area (Å²) in [4.78, 5) is 0. The Kier molecular flexibility index (Phi) is 3.16. The second-order valence-corrected chi connectivity index (χ2v) is 6.04. The summed E-state index contributed by atoms with van der Waals surface area (Å²) in [5.41, 5.74) is 1.01. The molecule has 2 unspecified atom stereocenters. The molecule has 0 saturated heterocycles. The molecule has 2 aliphatic carbocycles. The lowest BCUT2D eigenvalue weighted by Crippen LogP contribution is -2.52. The molecule has 0 aliphatic heterocycles. The number of hydrogen-bond acceptors (Lipinski definition) is 3. The van der Waals surface area contributed by atoms with Gasteiger partial charge in [-0.2, -0.15) is 5.10 Å². The van der Waals surface area contributed by atoms with E-state index in [1.807, 2.05) is 6.92 Å². The Hall–Kier alpha value is -0.870. The minimum absolute atomic E-state index is 0.0655. The molecule has 0 amide bonds. The summed E-state index contributed by atoms with van der Waals surface area (Å²) in [6.07, 6.45) is 9.06. The van der Waals surface area contributed by atoms with Crippen LogP contribution in [-0.4, -0.2) is 33.1 Å². The SMILES string of the molecule is Cc1ccn(C2CCCC(CO)(NC3CC3)C2)n1. The molecule has 4 nitrogen and oxygen atoms in total. The van der Waals surface area contributed by atoms with Gasteiger partial charge >= 0.3 is 0 Å². The Bertz CT molecular complexity index is 413. The standard InChI is InChI=1S/C14H23N3O/c1-11-6-8-17(16-11)13-3-2-7-14(9-13,10-18)15-12-4-5-12/h6,8,12-13,15,18H,2-5,7,9-10H2,1H3. The third-order valence-corrected chi connectivity index (χ3v) is 4.33. The second-order valence-electron chi connectivity index (χ2n) is 6.04. The van der Waals surface area contributed by atoms with Crippen LogP contribution < -0.4 is 5.32 Å². The lowest BCUT2D eigenvalue weighted by molar-refractivity contribution is 0.0927. The molecule has 2 aliphatic rings. The molecule has 100 valence electrons. The Labute approximate surface area is 108 Å². The number of nitrogens with one attached hydrogen (secondary N) is 1. The predicted octanol–water partition coefficient (Wildman–Crippen LogP) is 1.79. The van der Waals surface area contributed by atoms with E-state index in [0.29, 0.717) is 12.1 Å². The van der Waals surface area contributed by atoms with Crippen molar-refractivity contribution in [3.05, 3.63) is 18.0 Å². The fourth-order valence-electron chi connectivity index (χ4n) is 3.17. The van der Waals surface area contributed by atoms with Crippen LogP contribution in [0.5, 0.6) is 0 Å². The first-order valence-electron chi connectivity index (χ1n) is 7.11. The molecule has 0 radical (unpaired) electrons. The van der Waals surface area contributed by atoms with E-state index >= 15 is 0 Å². The van der Waals surface area contributed by atoms with Crippen LogP contribution in [0.3, 0.4) is 0 Å². The molecule has 2 fully saturated rings. The summed E-state index contributed by atoms with van der Waals surface area (Å²) in [5.74, 6) is 0. The molecule has 4 heteroatoms. The van der Waals surface area contributed by atoms with Crippen LogP contribution in [0.15, 0.2) is 12.3 Å². The summed E-state index contributed by atoms with van der Waals surface area (Å²) >= 11 is 0. The van der Waals surface area contributed by atoms with Crippen LogP contribution >= 0.6 is 0 Å². The second kappa shape index (κ2) is 4.67. The van der Waals surface area contributed by atoms with Gasteiger partial charge in [-0.1, -0.05) is 0 Å². The monoisotopic (exact) mass is 249 g/mol. The van der Waals surface area contributed by atoms with Gasteiger partial charge in [0.2, 0.25) is 0 Å². The summed E-state index contributed by atoms with van der Waals surface area (Å²) in [6, 6.07) is 3.14. The quantitative estimate of drug-likeness (QED) is 0.855. The van der Waals surface area contributed by atoms with Crippen molar-refractivity contribution in [1.82, 2.24) is 15.1 Å². The van der Waals surface area contributed by atoms with Crippen LogP contribution in [-0.2, 0) is 0 Å². The fourth-order valence-corrected chi connectivity index (χ4v) is 3.17. The van der Waals surface area contributed by atoms with Gasteiger partial charge in [-0.15, -0.1) is 0 Å². The highest BCUT2D eigenvalue weighted by Crippen LogP contribution is 2.37. The molecule has 3 rings (SSSR count). The lowest BCUT2D eigenvalue weighted by atomic mass is 9.79. The molecule has 1 heterocycles. The Morgan fingerprint density at radius 2 is 2.33 bits per heavy atom. The van der Waals surface area contributed by atoms with Crippen molar-refractivity contribution in [2.24, 2.45) is 0 Å². The Morgan fingerprint density at radius 3 is 2.94 bits per heavy atom. The largest absolute Gasteiger partial charge is 0.394 e.